The van der Waals surface area contributed by atoms with Crippen molar-refractivity contribution in [3.63, 3.8) is 0 Å². The Bertz CT molecular complexity index is 855. The fourth-order valence-electron chi connectivity index (χ4n) is 3.68. The molecule has 0 unspecified atom stereocenters. The van der Waals surface area contributed by atoms with Crippen molar-refractivity contribution >= 4 is 17.7 Å². The van der Waals surface area contributed by atoms with Crippen molar-refractivity contribution < 1.29 is 14.7 Å². The zero-order chi connectivity index (χ0) is 19.8. The Balaban J connectivity index is 1.84. The summed E-state index contributed by atoms with van der Waals surface area (Å²) in [4.78, 5) is 29.9. The van der Waals surface area contributed by atoms with Gasteiger partial charge >= 0.3 is 5.97 Å². The lowest BCUT2D eigenvalue weighted by Crippen LogP contribution is -2.44. The van der Waals surface area contributed by atoms with Crippen molar-refractivity contribution in [2.24, 2.45) is 13.0 Å². The number of hydrogen-bond donors (Lipinski definition) is 2. The van der Waals surface area contributed by atoms with Gasteiger partial charge in [-0.3, -0.25) is 9.48 Å². The van der Waals surface area contributed by atoms with Crippen molar-refractivity contribution in [2.75, 3.05) is 11.9 Å². The minimum Gasteiger partial charge on any atom is -0.477 e. The lowest BCUT2D eigenvalue weighted by atomic mass is 9.93. The highest BCUT2D eigenvalue weighted by molar-refractivity contribution is 5.85. The van der Waals surface area contributed by atoms with Gasteiger partial charge in [0, 0.05) is 43.2 Å². The quantitative estimate of drug-likeness (QED) is 0.837. The molecule has 1 fully saturated rings. The first kappa shape index (κ1) is 18.9. The highest BCUT2D eigenvalue weighted by Crippen LogP contribution is 2.42. The van der Waals surface area contributed by atoms with Crippen molar-refractivity contribution in [1.29, 1.82) is 0 Å². The molecule has 2 N–H and O–H groups in total. The molecule has 0 bridgehead atoms. The van der Waals surface area contributed by atoms with E-state index in [1.54, 1.807) is 23.0 Å². The molecule has 2 aromatic rings. The van der Waals surface area contributed by atoms with Gasteiger partial charge in [0.05, 0.1) is 12.2 Å². The number of aromatic nitrogens is 3. The fraction of sp³-hybridized carbons (Fsp3) is 0.474. The molecule has 1 amide bonds. The van der Waals surface area contributed by atoms with Crippen LogP contribution in [0.1, 0.15) is 49.3 Å². The molecule has 144 valence electrons. The van der Waals surface area contributed by atoms with E-state index >= 15 is 0 Å². The van der Waals surface area contributed by atoms with Crippen LogP contribution in [0.3, 0.4) is 0 Å². The molecular formula is C19H25N5O3. The SMILES string of the molecule is Cn1cc([C@H]2[C@H](CNc3cccc(C(=O)O)n3)CC(=O)N2C(C)(C)C)cn1. The van der Waals surface area contributed by atoms with E-state index in [2.05, 4.69) is 15.4 Å². The number of carboxylic acids is 1. The van der Waals surface area contributed by atoms with E-state index in [4.69, 9.17) is 5.11 Å². The molecule has 27 heavy (non-hydrogen) atoms. The maximum Gasteiger partial charge on any atom is 0.354 e. The summed E-state index contributed by atoms with van der Waals surface area (Å²) >= 11 is 0. The number of aromatic carboxylic acids is 1. The lowest BCUT2D eigenvalue weighted by molar-refractivity contribution is -0.133. The van der Waals surface area contributed by atoms with E-state index in [1.165, 1.54) is 6.07 Å². The van der Waals surface area contributed by atoms with Crippen LogP contribution in [0.2, 0.25) is 0 Å². The summed E-state index contributed by atoms with van der Waals surface area (Å²) in [5.41, 5.74) is 0.674. The summed E-state index contributed by atoms with van der Waals surface area (Å²) in [6, 6.07) is 4.73. The van der Waals surface area contributed by atoms with Crippen LogP contribution in [0, 0.1) is 5.92 Å². The first-order chi connectivity index (χ1) is 12.7. The molecule has 0 radical (unpaired) electrons. The third-order valence-corrected chi connectivity index (χ3v) is 4.73. The first-order valence-electron chi connectivity index (χ1n) is 8.92. The van der Waals surface area contributed by atoms with Crippen LogP contribution >= 0.6 is 0 Å². The van der Waals surface area contributed by atoms with E-state index in [0.29, 0.717) is 18.8 Å². The van der Waals surface area contributed by atoms with Crippen molar-refractivity contribution in [2.45, 2.75) is 38.8 Å². The third kappa shape index (κ3) is 3.94. The van der Waals surface area contributed by atoms with Gasteiger partial charge in [0.1, 0.15) is 5.82 Å². The second kappa shape index (κ2) is 7.02. The smallest absolute Gasteiger partial charge is 0.354 e. The van der Waals surface area contributed by atoms with Crippen LogP contribution in [-0.4, -0.2) is 48.7 Å². The van der Waals surface area contributed by atoms with Crippen LogP contribution in [0.15, 0.2) is 30.6 Å². The molecule has 1 aliphatic rings. The number of rotatable bonds is 5. The molecule has 3 heterocycles. The topological polar surface area (TPSA) is 100 Å². The molecular weight excluding hydrogens is 346 g/mol. The van der Waals surface area contributed by atoms with Crippen LogP contribution in [0.5, 0.6) is 0 Å². The van der Waals surface area contributed by atoms with Gasteiger partial charge in [-0.2, -0.15) is 5.10 Å². The molecule has 3 rings (SSSR count). The summed E-state index contributed by atoms with van der Waals surface area (Å²) in [5.74, 6) is -0.449. The number of nitrogens with zero attached hydrogens (tertiary/aromatic N) is 4. The largest absolute Gasteiger partial charge is 0.477 e. The van der Waals surface area contributed by atoms with Gasteiger partial charge < -0.3 is 15.3 Å². The standard InChI is InChI=1S/C19H25N5O3/c1-19(2,3)24-16(25)8-12(17(24)13-10-21-23(4)11-13)9-20-15-7-5-6-14(22-15)18(26)27/h5-7,10-12,17H,8-9H2,1-4H3,(H,20,22)(H,26,27)/t12-,17+/m0/s1. The average molecular weight is 371 g/mol. The Kier molecular flexibility index (Phi) is 4.91. The first-order valence-corrected chi connectivity index (χ1v) is 8.92. The van der Waals surface area contributed by atoms with E-state index in [1.807, 2.05) is 38.9 Å². The molecule has 0 saturated carbocycles. The molecule has 1 saturated heterocycles. The van der Waals surface area contributed by atoms with Crippen LogP contribution in [0.25, 0.3) is 0 Å². The molecule has 2 aromatic heterocycles. The maximum absolute atomic E-state index is 12.8. The Morgan fingerprint density at radius 1 is 1.37 bits per heavy atom. The second-order valence-corrected chi connectivity index (χ2v) is 7.89. The second-order valence-electron chi connectivity index (χ2n) is 7.89. The van der Waals surface area contributed by atoms with E-state index < -0.39 is 5.97 Å². The van der Waals surface area contributed by atoms with Crippen molar-refractivity contribution in [3.8, 4) is 0 Å². The van der Waals surface area contributed by atoms with Crippen molar-refractivity contribution in [3.05, 3.63) is 41.9 Å². The monoisotopic (exact) mass is 371 g/mol. The highest BCUT2D eigenvalue weighted by atomic mass is 16.4. The predicted molar refractivity (Wildman–Crippen MR) is 100 cm³/mol. The summed E-state index contributed by atoms with van der Waals surface area (Å²) < 4.78 is 1.74. The van der Waals surface area contributed by atoms with Gasteiger partial charge in [-0.05, 0) is 32.9 Å². The number of aryl methyl sites for hydroxylation is 1. The summed E-state index contributed by atoms with van der Waals surface area (Å²) in [5, 5.41) is 16.6. The third-order valence-electron chi connectivity index (χ3n) is 4.73. The summed E-state index contributed by atoms with van der Waals surface area (Å²) in [6.45, 7) is 6.60. The van der Waals surface area contributed by atoms with Gasteiger partial charge in [0.25, 0.3) is 0 Å². The number of hydrogen-bond acceptors (Lipinski definition) is 5. The predicted octanol–water partition coefficient (Wildman–Crippen LogP) is 2.31. The normalized spacial score (nSPS) is 20.1. The van der Waals surface area contributed by atoms with Crippen LogP contribution in [0.4, 0.5) is 5.82 Å². The van der Waals surface area contributed by atoms with Crippen LogP contribution in [-0.2, 0) is 11.8 Å². The molecule has 8 heteroatoms. The Labute approximate surface area is 158 Å². The molecule has 0 aliphatic carbocycles. The number of nitrogens with one attached hydrogen (secondary N) is 1. The number of carboxylic acid groups (broad SMARTS) is 1. The molecule has 1 aliphatic heterocycles. The Hall–Kier alpha value is -2.90. The number of carbonyl (C=O) groups excluding carboxylic acids is 1. The van der Waals surface area contributed by atoms with Gasteiger partial charge in [0.15, 0.2) is 5.69 Å². The van der Waals surface area contributed by atoms with Gasteiger partial charge in [-0.25, -0.2) is 9.78 Å². The number of likely N-dealkylation sites (tertiary alicyclic amines) is 1. The minimum atomic E-state index is -1.07. The minimum absolute atomic E-state index is 0.0115. The fourth-order valence-corrected chi connectivity index (χ4v) is 3.68. The summed E-state index contributed by atoms with van der Waals surface area (Å²) in [7, 11) is 1.86. The molecule has 0 spiro atoms. The zero-order valence-corrected chi connectivity index (χ0v) is 16.0. The van der Waals surface area contributed by atoms with Crippen molar-refractivity contribution in [1.82, 2.24) is 19.7 Å². The molecule has 2 atom stereocenters. The maximum atomic E-state index is 12.8. The van der Waals surface area contributed by atoms with Crippen LogP contribution < -0.4 is 5.32 Å². The summed E-state index contributed by atoms with van der Waals surface area (Å²) in [6.07, 6.45) is 4.17. The lowest BCUT2D eigenvalue weighted by Gasteiger charge is -2.38. The Morgan fingerprint density at radius 3 is 2.70 bits per heavy atom. The molecule has 0 aromatic carbocycles. The number of anilines is 1. The zero-order valence-electron chi connectivity index (χ0n) is 16.0. The van der Waals surface area contributed by atoms with Gasteiger partial charge in [-0.15, -0.1) is 0 Å². The number of carbonyl (C=O) groups is 2. The van der Waals surface area contributed by atoms with Gasteiger partial charge in [0.2, 0.25) is 5.91 Å². The molecule has 8 nitrogen and oxygen atoms in total. The Morgan fingerprint density at radius 2 is 2.11 bits per heavy atom. The average Bonchev–Trinajstić information content (AvgIpc) is 3.15. The highest BCUT2D eigenvalue weighted by Gasteiger charge is 2.45. The number of amides is 1. The number of pyridine rings is 1. The van der Waals surface area contributed by atoms with E-state index in [9.17, 15) is 9.59 Å². The van der Waals surface area contributed by atoms with E-state index in [0.717, 1.165) is 5.56 Å². The van der Waals surface area contributed by atoms with E-state index in [-0.39, 0.29) is 29.1 Å². The van der Waals surface area contributed by atoms with Gasteiger partial charge in [-0.1, -0.05) is 6.07 Å².